The van der Waals surface area contributed by atoms with Gasteiger partial charge >= 0.3 is 6.09 Å². The molecule has 172 valence electrons. The lowest BCUT2D eigenvalue weighted by atomic mass is 10.0. The molecule has 2 rings (SSSR count). The highest BCUT2D eigenvalue weighted by Gasteiger charge is 2.28. The number of hydrogen-bond donors (Lipinski definition) is 4. The van der Waals surface area contributed by atoms with E-state index in [2.05, 4.69) is 53.6 Å². The number of rotatable bonds is 6. The molecule has 0 atom stereocenters. The van der Waals surface area contributed by atoms with Crippen LogP contribution in [0.15, 0.2) is 12.1 Å². The zero-order valence-electron chi connectivity index (χ0n) is 19.5. The number of aromatic hydroxyl groups is 1. The summed E-state index contributed by atoms with van der Waals surface area (Å²) in [6.07, 6.45) is 2.00. The topological polar surface area (TPSA) is 67.4 Å². The lowest BCUT2D eigenvalue weighted by molar-refractivity contribution is -0.961. The SMILES string of the molecule is CC[NH+](CC)C1CC[NH+](Cc2cc(C#CCNC(=O)OC(C)(C)C)cc(I)c2O)CC1. The summed E-state index contributed by atoms with van der Waals surface area (Å²) in [6.45, 7) is 15.7. The quantitative estimate of drug-likeness (QED) is 0.324. The summed E-state index contributed by atoms with van der Waals surface area (Å²) in [4.78, 5) is 14.9. The average Bonchev–Trinajstić information content (AvgIpc) is 2.70. The van der Waals surface area contributed by atoms with Crippen molar-refractivity contribution in [1.29, 1.82) is 0 Å². The van der Waals surface area contributed by atoms with Gasteiger partial charge in [-0.2, -0.15) is 0 Å². The number of phenolic OH excluding ortho intramolecular Hbond substituents is 1. The molecule has 1 aliphatic rings. The highest BCUT2D eigenvalue weighted by molar-refractivity contribution is 14.1. The second kappa shape index (κ2) is 11.9. The normalized spacial score (nSPS) is 18.9. The van der Waals surface area contributed by atoms with Crippen LogP contribution in [0.4, 0.5) is 4.79 Å². The Balaban J connectivity index is 1.96. The Kier molecular flexibility index (Phi) is 9.91. The average molecular weight is 543 g/mol. The highest BCUT2D eigenvalue weighted by atomic mass is 127. The number of phenols is 1. The molecule has 31 heavy (non-hydrogen) atoms. The largest absolute Gasteiger partial charge is 0.506 e. The van der Waals surface area contributed by atoms with Gasteiger partial charge in [0.2, 0.25) is 0 Å². The van der Waals surface area contributed by atoms with Gasteiger partial charge in [0.15, 0.2) is 0 Å². The fraction of sp³-hybridized carbons (Fsp3) is 0.625. The first-order chi connectivity index (χ1) is 14.6. The van der Waals surface area contributed by atoms with Crippen molar-refractivity contribution in [2.45, 2.75) is 65.6 Å². The van der Waals surface area contributed by atoms with E-state index in [-0.39, 0.29) is 6.54 Å². The number of carbonyl (C=O) groups is 1. The Morgan fingerprint density at radius 1 is 1.29 bits per heavy atom. The van der Waals surface area contributed by atoms with Gasteiger partial charge in [-0.1, -0.05) is 11.8 Å². The second-order valence-electron chi connectivity index (χ2n) is 9.19. The van der Waals surface area contributed by atoms with Gasteiger partial charge in [0.25, 0.3) is 0 Å². The molecule has 0 unspecified atom stereocenters. The molecule has 1 aromatic carbocycles. The molecule has 0 bridgehead atoms. The number of halogens is 1. The molecule has 1 amide bonds. The van der Waals surface area contributed by atoms with Crippen LogP contribution < -0.4 is 15.1 Å². The molecule has 1 aliphatic heterocycles. The summed E-state index contributed by atoms with van der Waals surface area (Å²) in [6, 6.07) is 4.62. The smallest absolute Gasteiger partial charge is 0.408 e. The van der Waals surface area contributed by atoms with Crippen molar-refractivity contribution >= 4 is 28.7 Å². The lowest BCUT2D eigenvalue weighted by Crippen LogP contribution is -3.19. The van der Waals surface area contributed by atoms with E-state index >= 15 is 0 Å². The number of hydrogen-bond acceptors (Lipinski definition) is 3. The van der Waals surface area contributed by atoms with Crippen molar-refractivity contribution in [3.8, 4) is 17.6 Å². The van der Waals surface area contributed by atoms with Crippen molar-refractivity contribution in [1.82, 2.24) is 5.32 Å². The molecule has 0 spiro atoms. The molecule has 7 heteroatoms. The van der Waals surface area contributed by atoms with Crippen molar-refractivity contribution in [3.63, 3.8) is 0 Å². The molecular formula is C24H38IN3O3+2. The van der Waals surface area contributed by atoms with Crippen LogP contribution in [0.25, 0.3) is 0 Å². The third kappa shape index (κ3) is 8.51. The van der Waals surface area contributed by atoms with E-state index in [0.29, 0.717) is 5.75 Å². The van der Waals surface area contributed by atoms with Crippen LogP contribution >= 0.6 is 22.6 Å². The van der Waals surface area contributed by atoms with Gasteiger partial charge in [-0.25, -0.2) is 4.79 Å². The molecule has 1 fully saturated rings. The molecule has 0 aliphatic carbocycles. The first-order valence-corrected chi connectivity index (χ1v) is 12.4. The van der Waals surface area contributed by atoms with Crippen LogP contribution in [-0.4, -0.2) is 55.6 Å². The molecule has 0 aromatic heterocycles. The maximum absolute atomic E-state index is 11.7. The molecular weight excluding hydrogens is 505 g/mol. The number of ether oxygens (including phenoxy) is 1. The molecule has 6 nitrogen and oxygen atoms in total. The number of amides is 1. The van der Waals surface area contributed by atoms with Gasteiger partial charge in [0, 0.05) is 18.4 Å². The summed E-state index contributed by atoms with van der Waals surface area (Å²) >= 11 is 2.16. The van der Waals surface area contributed by atoms with E-state index in [1.807, 2.05) is 32.9 Å². The predicted molar refractivity (Wildman–Crippen MR) is 131 cm³/mol. The number of piperidine rings is 1. The van der Waals surface area contributed by atoms with Crippen LogP contribution in [0.1, 0.15) is 58.6 Å². The minimum absolute atomic E-state index is 0.216. The summed E-state index contributed by atoms with van der Waals surface area (Å²) in [5.41, 5.74) is 1.27. The van der Waals surface area contributed by atoms with Crippen LogP contribution in [-0.2, 0) is 11.3 Å². The van der Waals surface area contributed by atoms with Gasteiger partial charge in [-0.05, 0) is 69.3 Å². The summed E-state index contributed by atoms with van der Waals surface area (Å²) < 4.78 is 6.02. The maximum atomic E-state index is 11.7. The molecule has 4 N–H and O–H groups in total. The maximum Gasteiger partial charge on any atom is 0.408 e. The minimum atomic E-state index is -0.525. The highest BCUT2D eigenvalue weighted by Crippen LogP contribution is 2.25. The zero-order valence-corrected chi connectivity index (χ0v) is 21.7. The monoisotopic (exact) mass is 543 g/mol. The molecule has 1 aromatic rings. The molecule has 0 radical (unpaired) electrons. The first-order valence-electron chi connectivity index (χ1n) is 11.3. The van der Waals surface area contributed by atoms with E-state index < -0.39 is 11.7 Å². The molecule has 0 saturated carbocycles. The van der Waals surface area contributed by atoms with E-state index in [0.717, 1.165) is 40.4 Å². The summed E-state index contributed by atoms with van der Waals surface area (Å²) in [7, 11) is 0. The standard InChI is InChI=1S/C24H36IN3O3/c1-6-28(7-2)20-10-13-27(14-11-20)17-19-15-18(16-21(25)22(19)29)9-8-12-26-23(30)31-24(3,4)5/h15-16,20,29H,6-7,10-14,17H2,1-5H3,(H,26,30)/p+2. The fourth-order valence-corrected chi connectivity index (χ4v) is 4.83. The first kappa shape index (κ1) is 25.8. The Morgan fingerprint density at radius 2 is 1.94 bits per heavy atom. The third-order valence-corrected chi connectivity index (χ3v) is 6.54. The van der Waals surface area contributed by atoms with Crippen molar-refractivity contribution in [2.24, 2.45) is 0 Å². The van der Waals surface area contributed by atoms with E-state index in [9.17, 15) is 9.90 Å². The van der Waals surface area contributed by atoms with Gasteiger partial charge in [0.05, 0.1) is 47.9 Å². The van der Waals surface area contributed by atoms with Crippen molar-refractivity contribution in [3.05, 3.63) is 26.8 Å². The Hall–Kier alpha value is -1.50. The summed E-state index contributed by atoms with van der Waals surface area (Å²) in [5.74, 6) is 6.43. The van der Waals surface area contributed by atoms with Crippen molar-refractivity contribution < 1.29 is 24.4 Å². The van der Waals surface area contributed by atoms with Crippen LogP contribution in [0, 0.1) is 15.4 Å². The Bertz CT molecular complexity index is 799. The summed E-state index contributed by atoms with van der Waals surface area (Å²) in [5, 5.41) is 13.2. The fourth-order valence-electron chi connectivity index (χ4n) is 4.15. The van der Waals surface area contributed by atoms with Gasteiger partial charge in [-0.3, -0.25) is 0 Å². The Labute approximate surface area is 200 Å². The van der Waals surface area contributed by atoms with Crippen LogP contribution in [0.5, 0.6) is 5.75 Å². The number of alkyl carbamates (subject to hydrolysis) is 1. The number of benzene rings is 1. The van der Waals surface area contributed by atoms with Gasteiger partial charge < -0.3 is 25.0 Å². The van der Waals surface area contributed by atoms with Crippen LogP contribution in [0.2, 0.25) is 0 Å². The second-order valence-corrected chi connectivity index (χ2v) is 10.4. The lowest BCUT2D eigenvalue weighted by Gasteiger charge is -2.33. The number of nitrogens with one attached hydrogen (secondary N) is 3. The number of likely N-dealkylation sites (tertiary alicyclic amines) is 1. The minimum Gasteiger partial charge on any atom is -0.506 e. The predicted octanol–water partition coefficient (Wildman–Crippen LogP) is 1.35. The van der Waals surface area contributed by atoms with Gasteiger partial charge in [0.1, 0.15) is 17.9 Å². The third-order valence-electron chi connectivity index (χ3n) is 5.71. The zero-order chi connectivity index (χ0) is 23.0. The van der Waals surface area contributed by atoms with E-state index in [4.69, 9.17) is 4.74 Å². The van der Waals surface area contributed by atoms with E-state index in [1.165, 1.54) is 30.8 Å². The molecule has 1 heterocycles. The van der Waals surface area contributed by atoms with Gasteiger partial charge in [-0.15, -0.1) is 0 Å². The Morgan fingerprint density at radius 3 is 2.52 bits per heavy atom. The molecule has 1 saturated heterocycles. The van der Waals surface area contributed by atoms with Crippen LogP contribution in [0.3, 0.4) is 0 Å². The van der Waals surface area contributed by atoms with E-state index in [1.54, 1.807) is 4.90 Å². The van der Waals surface area contributed by atoms with Crippen molar-refractivity contribution in [2.75, 3.05) is 32.7 Å². The number of carbonyl (C=O) groups excluding carboxylic acids is 1. The number of quaternary nitrogens is 2.